The highest BCUT2D eigenvalue weighted by molar-refractivity contribution is 5.82. The van der Waals surface area contributed by atoms with Crippen LogP contribution in [0, 0.1) is 19.8 Å². The second kappa shape index (κ2) is 14.3. The van der Waals surface area contributed by atoms with Crippen LogP contribution in [-0.4, -0.2) is 51.7 Å². The Labute approximate surface area is 272 Å². The van der Waals surface area contributed by atoms with E-state index in [1.54, 1.807) is 29.6 Å². The number of rotatable bonds is 12. The van der Waals surface area contributed by atoms with Gasteiger partial charge in [-0.05, 0) is 93.4 Å². The van der Waals surface area contributed by atoms with E-state index in [1.807, 2.05) is 45.9 Å². The third-order valence-electron chi connectivity index (χ3n) is 8.68. The van der Waals surface area contributed by atoms with E-state index in [4.69, 9.17) is 0 Å². The van der Waals surface area contributed by atoms with Crippen molar-refractivity contribution in [2.75, 3.05) is 20.6 Å². The zero-order chi connectivity index (χ0) is 34.8. The van der Waals surface area contributed by atoms with E-state index in [0.717, 1.165) is 27.5 Å². The van der Waals surface area contributed by atoms with Gasteiger partial charge in [-0.2, -0.15) is 13.2 Å². The minimum Gasteiger partial charge on any atom is -0.481 e. The predicted octanol–water partition coefficient (Wildman–Crippen LogP) is 5.28. The number of nitrogens with zero attached hydrogens (tertiary/aromatic N) is 3. The number of carbonyl (C=O) groups excluding carboxylic acids is 1. The van der Waals surface area contributed by atoms with Crippen molar-refractivity contribution in [3.05, 3.63) is 90.7 Å². The molecule has 0 radical (unpaired) electrons. The highest BCUT2D eigenvalue weighted by Gasteiger charge is 2.36. The van der Waals surface area contributed by atoms with Gasteiger partial charge in [-0.3, -0.25) is 19.2 Å². The number of benzene rings is 1. The third-order valence-corrected chi connectivity index (χ3v) is 8.68. The number of fused-ring (bicyclic) bond motifs is 1. The number of alkyl halides is 3. The Hall–Kier alpha value is -4.19. The van der Waals surface area contributed by atoms with E-state index in [2.05, 4.69) is 5.32 Å². The fourth-order valence-corrected chi connectivity index (χ4v) is 6.48. The molecule has 1 aliphatic rings. The lowest BCUT2D eigenvalue weighted by Crippen LogP contribution is -2.41. The molecular formula is C35H43F3N4O5. The Bertz CT molecular complexity index is 1750. The van der Waals surface area contributed by atoms with Crippen LogP contribution < -0.4 is 16.4 Å². The number of hydrogen-bond acceptors (Lipinski definition) is 5. The van der Waals surface area contributed by atoms with Gasteiger partial charge < -0.3 is 24.5 Å². The topological polar surface area (TPSA) is 114 Å². The SMILES string of the molecule is Cc1cccc(C)c1-c1cc(C(CC(=O)O)NC(=O)C(CC(C)C)n2cc(CCN(C)C)c(C(F)(F)F)cc2=O)c2n(c1=O)CCC2. The van der Waals surface area contributed by atoms with Crippen molar-refractivity contribution < 1.29 is 27.9 Å². The lowest BCUT2D eigenvalue weighted by atomic mass is 9.92. The van der Waals surface area contributed by atoms with Gasteiger partial charge in [0.25, 0.3) is 11.1 Å². The number of carboxylic acid groups (broad SMARTS) is 1. The molecule has 0 aliphatic carbocycles. The number of likely N-dealkylation sites (N-methyl/N-ethyl adjacent to an activating group) is 1. The summed E-state index contributed by atoms with van der Waals surface area (Å²) in [5.74, 6) is -2.02. The number of pyridine rings is 2. The molecule has 0 spiro atoms. The van der Waals surface area contributed by atoms with Crippen molar-refractivity contribution in [1.82, 2.24) is 19.4 Å². The summed E-state index contributed by atoms with van der Waals surface area (Å²) in [6.45, 7) is 8.15. The molecule has 3 heterocycles. The zero-order valence-electron chi connectivity index (χ0n) is 27.7. The molecule has 1 aromatic carbocycles. The van der Waals surface area contributed by atoms with Crippen LogP contribution in [0.1, 0.15) is 78.7 Å². The molecule has 3 aromatic rings. The Kier molecular flexibility index (Phi) is 10.8. The Morgan fingerprint density at radius 1 is 1.09 bits per heavy atom. The van der Waals surface area contributed by atoms with Gasteiger partial charge in [0.05, 0.1) is 18.0 Å². The molecule has 0 saturated carbocycles. The fourth-order valence-electron chi connectivity index (χ4n) is 6.48. The van der Waals surface area contributed by atoms with Gasteiger partial charge in [-0.15, -0.1) is 0 Å². The van der Waals surface area contributed by atoms with Crippen molar-refractivity contribution in [3.8, 4) is 11.1 Å². The van der Waals surface area contributed by atoms with E-state index >= 15 is 0 Å². The Balaban J connectivity index is 1.84. The minimum absolute atomic E-state index is 0.00815. The van der Waals surface area contributed by atoms with Gasteiger partial charge in [-0.1, -0.05) is 32.0 Å². The van der Waals surface area contributed by atoms with Crippen LogP contribution in [0.3, 0.4) is 0 Å². The molecule has 2 atom stereocenters. The van der Waals surface area contributed by atoms with E-state index in [9.17, 15) is 37.5 Å². The number of hydrogen-bond donors (Lipinski definition) is 2. The summed E-state index contributed by atoms with van der Waals surface area (Å²) in [7, 11) is 3.45. The summed E-state index contributed by atoms with van der Waals surface area (Å²) in [5.41, 5.74) is 1.66. The summed E-state index contributed by atoms with van der Waals surface area (Å²) < 4.78 is 44.5. The number of amides is 1. The quantitative estimate of drug-likeness (QED) is 0.274. The molecule has 0 saturated heterocycles. The zero-order valence-corrected chi connectivity index (χ0v) is 27.7. The molecule has 2 aromatic heterocycles. The molecule has 2 unspecified atom stereocenters. The summed E-state index contributed by atoms with van der Waals surface area (Å²) in [5, 5.41) is 12.8. The first-order chi connectivity index (χ1) is 22.0. The van der Waals surface area contributed by atoms with Crippen molar-refractivity contribution in [2.24, 2.45) is 5.92 Å². The van der Waals surface area contributed by atoms with Gasteiger partial charge in [0.15, 0.2) is 0 Å². The number of aliphatic carboxylic acids is 1. The van der Waals surface area contributed by atoms with E-state index < -0.39 is 47.7 Å². The molecule has 0 bridgehead atoms. The van der Waals surface area contributed by atoms with E-state index in [0.29, 0.717) is 42.3 Å². The van der Waals surface area contributed by atoms with Crippen LogP contribution >= 0.6 is 0 Å². The monoisotopic (exact) mass is 656 g/mol. The highest BCUT2D eigenvalue weighted by Crippen LogP contribution is 2.34. The van der Waals surface area contributed by atoms with Crippen LogP contribution in [0.25, 0.3) is 11.1 Å². The van der Waals surface area contributed by atoms with Gasteiger partial charge >= 0.3 is 12.1 Å². The second-order valence-electron chi connectivity index (χ2n) is 13.1. The Morgan fingerprint density at radius 2 is 1.74 bits per heavy atom. The first kappa shape index (κ1) is 35.7. The number of nitrogens with one attached hydrogen (secondary N) is 1. The molecule has 1 aliphatic heterocycles. The maximum atomic E-state index is 14.1. The van der Waals surface area contributed by atoms with Crippen LogP contribution in [0.15, 0.2) is 46.1 Å². The van der Waals surface area contributed by atoms with Crippen molar-refractivity contribution in [1.29, 1.82) is 0 Å². The normalized spacial score (nSPS) is 14.4. The van der Waals surface area contributed by atoms with Crippen LogP contribution in [0.4, 0.5) is 13.2 Å². The summed E-state index contributed by atoms with van der Waals surface area (Å²) in [6, 6.07) is 5.59. The first-order valence-electron chi connectivity index (χ1n) is 15.8. The number of aryl methyl sites for hydroxylation is 2. The van der Waals surface area contributed by atoms with E-state index in [1.165, 1.54) is 0 Å². The van der Waals surface area contributed by atoms with Crippen molar-refractivity contribution in [3.63, 3.8) is 0 Å². The lowest BCUT2D eigenvalue weighted by Gasteiger charge is -2.27. The largest absolute Gasteiger partial charge is 0.481 e. The molecule has 9 nitrogen and oxygen atoms in total. The second-order valence-corrected chi connectivity index (χ2v) is 13.1. The van der Waals surface area contributed by atoms with Gasteiger partial charge in [0.1, 0.15) is 6.04 Å². The van der Waals surface area contributed by atoms with Crippen molar-refractivity contribution in [2.45, 2.75) is 84.6 Å². The smallest absolute Gasteiger partial charge is 0.416 e. The molecule has 0 fully saturated rings. The maximum absolute atomic E-state index is 14.1. The molecular weight excluding hydrogens is 613 g/mol. The fraction of sp³-hybridized carbons (Fsp3) is 0.486. The van der Waals surface area contributed by atoms with Gasteiger partial charge in [0.2, 0.25) is 5.91 Å². The average molecular weight is 657 g/mol. The predicted molar refractivity (Wildman–Crippen MR) is 174 cm³/mol. The lowest BCUT2D eigenvalue weighted by molar-refractivity contribution is -0.139. The molecule has 254 valence electrons. The Morgan fingerprint density at radius 3 is 2.32 bits per heavy atom. The number of carbonyl (C=O) groups is 2. The number of carboxylic acids is 1. The van der Waals surface area contributed by atoms with Crippen LogP contribution in [0.2, 0.25) is 0 Å². The highest BCUT2D eigenvalue weighted by atomic mass is 19.4. The van der Waals surface area contributed by atoms with Crippen LogP contribution in [-0.2, 0) is 35.2 Å². The maximum Gasteiger partial charge on any atom is 0.416 e. The minimum atomic E-state index is -4.76. The summed E-state index contributed by atoms with van der Waals surface area (Å²) >= 11 is 0. The molecule has 2 N–H and O–H groups in total. The van der Waals surface area contributed by atoms with Crippen molar-refractivity contribution >= 4 is 11.9 Å². The average Bonchev–Trinajstić information content (AvgIpc) is 3.45. The first-order valence-corrected chi connectivity index (χ1v) is 15.8. The molecule has 12 heteroatoms. The number of aromatic nitrogens is 2. The summed E-state index contributed by atoms with van der Waals surface area (Å²) in [6.07, 6.45) is -2.87. The van der Waals surface area contributed by atoms with Gasteiger partial charge in [-0.25, -0.2) is 0 Å². The number of halogens is 3. The molecule has 47 heavy (non-hydrogen) atoms. The van der Waals surface area contributed by atoms with Crippen LogP contribution in [0.5, 0.6) is 0 Å². The summed E-state index contributed by atoms with van der Waals surface area (Å²) in [4.78, 5) is 55.0. The third kappa shape index (κ3) is 8.04. The van der Waals surface area contributed by atoms with Gasteiger partial charge in [0, 0.05) is 36.6 Å². The van der Waals surface area contributed by atoms with E-state index in [-0.39, 0.29) is 36.4 Å². The molecule has 4 rings (SSSR count). The standard InChI is InChI=1S/C35H43F3N4O5/c1-20(2)15-29(42-19-23(12-14-40(5)6)26(17-30(42)43)35(36,37)38)33(46)39-27(18-31(44)45)24-16-25(32-21(3)9-7-10-22(32)4)34(47)41-13-8-11-28(24)41/h7,9-10,16-17,19-20,27,29H,8,11-15,18H2,1-6H3,(H,39,46)(H,44,45). The molecule has 1 amide bonds.